The number of aromatic nitrogens is 2. The summed E-state index contributed by atoms with van der Waals surface area (Å²) >= 11 is 1.42. The van der Waals surface area contributed by atoms with Gasteiger partial charge >= 0.3 is 0 Å². The predicted molar refractivity (Wildman–Crippen MR) is 119 cm³/mol. The summed E-state index contributed by atoms with van der Waals surface area (Å²) in [5.74, 6) is 0.0854. The van der Waals surface area contributed by atoms with Crippen LogP contribution in [0.1, 0.15) is 35.0 Å². The normalized spacial score (nSPS) is 11.9. The molecule has 0 spiro atoms. The minimum absolute atomic E-state index is 0.0854. The molecule has 1 atom stereocenters. The molecule has 2 aromatic carbocycles. The van der Waals surface area contributed by atoms with E-state index in [0.29, 0.717) is 18.2 Å². The molecule has 4 nitrogen and oxygen atoms in total. The van der Waals surface area contributed by atoms with Gasteiger partial charge in [-0.1, -0.05) is 72.4 Å². The van der Waals surface area contributed by atoms with Crippen molar-refractivity contribution >= 4 is 17.7 Å². The van der Waals surface area contributed by atoms with E-state index in [2.05, 4.69) is 34.2 Å². The first-order chi connectivity index (χ1) is 13.9. The van der Waals surface area contributed by atoms with Crippen LogP contribution in [0.5, 0.6) is 0 Å². The van der Waals surface area contributed by atoms with Crippen molar-refractivity contribution in [3.63, 3.8) is 0 Å². The molecule has 150 valence electrons. The Morgan fingerprint density at radius 1 is 0.862 bits per heavy atom. The number of aryl methyl sites for hydroxylation is 2. The van der Waals surface area contributed by atoms with E-state index >= 15 is 0 Å². The summed E-state index contributed by atoms with van der Waals surface area (Å²) in [6.45, 7) is 9.08. The Morgan fingerprint density at radius 2 is 1.31 bits per heavy atom. The topological polar surface area (TPSA) is 46.1 Å². The molecule has 1 aromatic heterocycles. The lowest BCUT2D eigenvalue weighted by Gasteiger charge is -2.26. The molecule has 0 N–H and O–H groups in total. The van der Waals surface area contributed by atoms with Crippen LogP contribution in [0.2, 0.25) is 0 Å². The Hall–Kier alpha value is -2.66. The number of nitrogens with zero attached hydrogens (tertiary/aromatic N) is 3. The van der Waals surface area contributed by atoms with Gasteiger partial charge in [0, 0.05) is 24.5 Å². The molecule has 29 heavy (non-hydrogen) atoms. The lowest BCUT2D eigenvalue weighted by molar-refractivity contribution is -0.131. The third-order valence-corrected chi connectivity index (χ3v) is 5.93. The minimum Gasteiger partial charge on any atom is -0.333 e. The molecule has 0 unspecified atom stereocenters. The maximum Gasteiger partial charge on any atom is 0.236 e. The third-order valence-electron chi connectivity index (χ3n) is 4.99. The first-order valence-corrected chi connectivity index (χ1v) is 10.7. The van der Waals surface area contributed by atoms with Crippen LogP contribution >= 0.6 is 11.8 Å². The van der Waals surface area contributed by atoms with Crippen LogP contribution in [0.25, 0.3) is 0 Å². The van der Waals surface area contributed by atoms with E-state index in [9.17, 15) is 4.79 Å². The summed E-state index contributed by atoms with van der Waals surface area (Å²) in [4.78, 5) is 24.4. The van der Waals surface area contributed by atoms with Crippen molar-refractivity contribution in [2.75, 3.05) is 0 Å². The van der Waals surface area contributed by atoms with Crippen molar-refractivity contribution in [2.24, 2.45) is 0 Å². The van der Waals surface area contributed by atoms with E-state index in [0.717, 1.165) is 28.1 Å². The fourth-order valence-corrected chi connectivity index (χ4v) is 4.02. The van der Waals surface area contributed by atoms with Crippen molar-refractivity contribution in [2.45, 2.75) is 51.2 Å². The number of hydrogen-bond acceptors (Lipinski definition) is 4. The summed E-state index contributed by atoms with van der Waals surface area (Å²) < 4.78 is 0. The third kappa shape index (κ3) is 5.67. The molecule has 0 aliphatic rings. The quantitative estimate of drug-likeness (QED) is 0.405. The molecule has 0 saturated heterocycles. The fourth-order valence-electron chi connectivity index (χ4n) is 3.08. The molecule has 0 bridgehead atoms. The van der Waals surface area contributed by atoms with Crippen LogP contribution in [0.4, 0.5) is 0 Å². The molecule has 3 rings (SSSR count). The van der Waals surface area contributed by atoms with Gasteiger partial charge < -0.3 is 4.90 Å². The lowest BCUT2D eigenvalue weighted by atomic mass is 10.1. The van der Waals surface area contributed by atoms with Gasteiger partial charge in [0.1, 0.15) is 0 Å². The van der Waals surface area contributed by atoms with Crippen LogP contribution < -0.4 is 0 Å². The van der Waals surface area contributed by atoms with Gasteiger partial charge in [0.15, 0.2) is 5.16 Å². The second kappa shape index (κ2) is 9.70. The summed E-state index contributed by atoms with van der Waals surface area (Å²) in [6, 6.07) is 20.2. The van der Waals surface area contributed by atoms with Crippen LogP contribution in [-0.4, -0.2) is 26.0 Å². The summed E-state index contributed by atoms with van der Waals surface area (Å²) in [5.41, 5.74) is 5.26. The zero-order chi connectivity index (χ0) is 20.8. The molecule has 0 saturated carbocycles. The molecule has 0 aliphatic heterocycles. The number of rotatable bonds is 7. The maximum absolute atomic E-state index is 13.3. The number of carbonyl (C=O) groups is 1. The van der Waals surface area contributed by atoms with E-state index in [1.807, 2.05) is 69.0 Å². The van der Waals surface area contributed by atoms with Gasteiger partial charge in [-0.05, 0) is 44.4 Å². The van der Waals surface area contributed by atoms with Crippen LogP contribution in [-0.2, 0) is 17.9 Å². The molecule has 0 radical (unpaired) electrons. The average Bonchev–Trinajstić information content (AvgIpc) is 2.72. The zero-order valence-corrected chi connectivity index (χ0v) is 18.2. The van der Waals surface area contributed by atoms with E-state index in [1.54, 1.807) is 0 Å². The molecule has 0 fully saturated rings. The van der Waals surface area contributed by atoms with Crippen molar-refractivity contribution in [1.29, 1.82) is 0 Å². The average molecular weight is 406 g/mol. The predicted octanol–water partition coefficient (Wildman–Crippen LogP) is 5.11. The van der Waals surface area contributed by atoms with E-state index < -0.39 is 0 Å². The van der Waals surface area contributed by atoms with Gasteiger partial charge in [-0.25, -0.2) is 9.97 Å². The molecule has 5 heteroatoms. The smallest absolute Gasteiger partial charge is 0.236 e. The molecular formula is C24H27N3OS. The number of hydrogen-bond donors (Lipinski definition) is 0. The Kier molecular flexibility index (Phi) is 7.04. The lowest BCUT2D eigenvalue weighted by Crippen LogP contribution is -2.35. The first-order valence-electron chi connectivity index (χ1n) is 9.79. The summed E-state index contributed by atoms with van der Waals surface area (Å²) in [5, 5.41) is 0.384. The van der Waals surface area contributed by atoms with Crippen LogP contribution in [0.15, 0.2) is 65.8 Å². The van der Waals surface area contributed by atoms with Crippen LogP contribution in [0.3, 0.4) is 0 Å². The molecular weight excluding hydrogens is 378 g/mol. The first kappa shape index (κ1) is 21.1. The Labute approximate surface area is 177 Å². The van der Waals surface area contributed by atoms with Gasteiger partial charge in [0.05, 0.1) is 5.25 Å². The van der Waals surface area contributed by atoms with Crippen LogP contribution in [0, 0.1) is 20.8 Å². The highest BCUT2D eigenvalue weighted by molar-refractivity contribution is 8.00. The zero-order valence-electron chi connectivity index (χ0n) is 17.4. The van der Waals surface area contributed by atoms with Crippen molar-refractivity contribution in [3.8, 4) is 0 Å². The van der Waals surface area contributed by atoms with Crippen molar-refractivity contribution in [3.05, 3.63) is 88.7 Å². The van der Waals surface area contributed by atoms with Gasteiger partial charge in [0.2, 0.25) is 5.91 Å². The standard InChI is InChI=1S/C24H27N3OS/c1-17-18(2)25-24(26-19(17)3)29-20(4)23(28)27(15-21-11-7-5-8-12-21)16-22-13-9-6-10-14-22/h5-14,20H,15-16H2,1-4H3/t20-/m1/s1. The fraction of sp³-hybridized carbons (Fsp3) is 0.292. The molecule has 1 heterocycles. The summed E-state index contributed by atoms with van der Waals surface area (Å²) in [7, 11) is 0. The summed E-state index contributed by atoms with van der Waals surface area (Å²) in [6.07, 6.45) is 0. The monoisotopic (exact) mass is 405 g/mol. The number of amides is 1. The van der Waals surface area contributed by atoms with E-state index in [-0.39, 0.29) is 11.2 Å². The van der Waals surface area contributed by atoms with E-state index in [4.69, 9.17) is 0 Å². The highest BCUT2D eigenvalue weighted by Crippen LogP contribution is 2.24. The second-order valence-corrected chi connectivity index (χ2v) is 8.54. The highest BCUT2D eigenvalue weighted by Gasteiger charge is 2.23. The highest BCUT2D eigenvalue weighted by atomic mass is 32.2. The van der Waals surface area contributed by atoms with Gasteiger partial charge in [-0.2, -0.15) is 0 Å². The Bertz CT molecular complexity index is 896. The number of carbonyl (C=O) groups excluding carboxylic acids is 1. The van der Waals surface area contributed by atoms with Gasteiger partial charge in [-0.3, -0.25) is 4.79 Å². The maximum atomic E-state index is 13.3. The molecule has 0 aliphatic carbocycles. The van der Waals surface area contributed by atoms with Gasteiger partial charge in [0.25, 0.3) is 0 Å². The Morgan fingerprint density at radius 3 is 1.76 bits per heavy atom. The molecule has 1 amide bonds. The SMILES string of the molecule is Cc1nc(S[C@H](C)C(=O)N(Cc2ccccc2)Cc2ccccc2)nc(C)c1C. The van der Waals surface area contributed by atoms with Crippen molar-refractivity contribution in [1.82, 2.24) is 14.9 Å². The van der Waals surface area contributed by atoms with E-state index in [1.165, 1.54) is 11.8 Å². The second-order valence-electron chi connectivity index (χ2n) is 7.23. The minimum atomic E-state index is -0.274. The molecule has 3 aromatic rings. The largest absolute Gasteiger partial charge is 0.333 e. The van der Waals surface area contributed by atoms with Gasteiger partial charge in [-0.15, -0.1) is 0 Å². The number of thioether (sulfide) groups is 1. The van der Waals surface area contributed by atoms with Crippen molar-refractivity contribution < 1.29 is 4.79 Å². The number of benzene rings is 2. The Balaban J connectivity index is 1.79.